The standard InChI is InChI=1S/C26H22N6O2/c1-34-24-10-6-5-9-22(24)25-23(16-31(30-25)20-7-3-2-4-8-20)26(33)28-15-19-11-13-21(14-12-19)32-18-27-17-29-32/h2-14,16-18H,15H2,1H3,(H,28,33). The number of aromatic nitrogens is 5. The minimum Gasteiger partial charge on any atom is -0.496 e. The quantitative estimate of drug-likeness (QED) is 0.404. The van der Waals surface area contributed by atoms with Gasteiger partial charge in [-0.25, -0.2) is 14.3 Å². The molecule has 0 spiro atoms. The minimum atomic E-state index is -0.219. The molecule has 1 N–H and O–H groups in total. The Bertz CT molecular complexity index is 1390. The van der Waals surface area contributed by atoms with E-state index in [1.165, 1.54) is 6.33 Å². The van der Waals surface area contributed by atoms with E-state index in [4.69, 9.17) is 9.84 Å². The number of hydrogen-bond acceptors (Lipinski definition) is 5. The summed E-state index contributed by atoms with van der Waals surface area (Å²) in [6, 6.07) is 25.0. The van der Waals surface area contributed by atoms with Gasteiger partial charge in [-0.15, -0.1) is 0 Å². The highest BCUT2D eigenvalue weighted by Gasteiger charge is 2.21. The molecule has 34 heavy (non-hydrogen) atoms. The fourth-order valence-corrected chi connectivity index (χ4v) is 3.68. The van der Waals surface area contributed by atoms with Crippen LogP contribution in [0.5, 0.6) is 5.75 Å². The van der Waals surface area contributed by atoms with Gasteiger partial charge in [0.2, 0.25) is 0 Å². The molecule has 3 aromatic carbocycles. The molecule has 1 amide bonds. The molecule has 8 nitrogen and oxygen atoms in total. The number of para-hydroxylation sites is 2. The van der Waals surface area contributed by atoms with E-state index in [9.17, 15) is 4.79 Å². The Morgan fingerprint density at radius 2 is 1.65 bits per heavy atom. The number of nitrogens with zero attached hydrogens (tertiary/aromatic N) is 5. The molecule has 0 aliphatic rings. The lowest BCUT2D eigenvalue weighted by Crippen LogP contribution is -2.23. The second kappa shape index (κ2) is 9.41. The molecular weight excluding hydrogens is 428 g/mol. The number of methoxy groups -OCH3 is 1. The third kappa shape index (κ3) is 4.29. The van der Waals surface area contributed by atoms with Gasteiger partial charge in [0.05, 0.1) is 24.0 Å². The van der Waals surface area contributed by atoms with E-state index in [1.54, 1.807) is 29.0 Å². The maximum absolute atomic E-state index is 13.3. The summed E-state index contributed by atoms with van der Waals surface area (Å²) in [5.74, 6) is 0.432. The van der Waals surface area contributed by atoms with Gasteiger partial charge < -0.3 is 10.1 Å². The largest absolute Gasteiger partial charge is 0.496 e. The molecule has 0 aliphatic carbocycles. The summed E-state index contributed by atoms with van der Waals surface area (Å²) in [6.07, 6.45) is 4.88. The predicted octanol–water partition coefficient (Wildman–Crippen LogP) is 4.06. The highest BCUT2D eigenvalue weighted by atomic mass is 16.5. The van der Waals surface area contributed by atoms with Gasteiger partial charge in [-0.2, -0.15) is 10.2 Å². The van der Waals surface area contributed by atoms with Gasteiger partial charge in [-0.3, -0.25) is 4.79 Å². The zero-order chi connectivity index (χ0) is 23.3. The van der Waals surface area contributed by atoms with Crippen LogP contribution in [-0.4, -0.2) is 37.6 Å². The Kier molecular flexibility index (Phi) is 5.85. The van der Waals surface area contributed by atoms with E-state index in [-0.39, 0.29) is 5.91 Å². The minimum absolute atomic E-state index is 0.219. The third-order valence-electron chi connectivity index (χ3n) is 5.41. The SMILES string of the molecule is COc1ccccc1-c1nn(-c2ccccc2)cc1C(=O)NCc1ccc(-n2cncn2)cc1. The number of benzene rings is 3. The van der Waals surface area contributed by atoms with Crippen LogP contribution >= 0.6 is 0 Å². The van der Waals surface area contributed by atoms with Crippen molar-refractivity contribution in [3.8, 4) is 28.4 Å². The van der Waals surface area contributed by atoms with Crippen molar-refractivity contribution in [3.63, 3.8) is 0 Å². The highest BCUT2D eigenvalue weighted by Crippen LogP contribution is 2.31. The zero-order valence-electron chi connectivity index (χ0n) is 18.5. The molecule has 0 atom stereocenters. The lowest BCUT2D eigenvalue weighted by atomic mass is 10.1. The van der Waals surface area contributed by atoms with Crippen molar-refractivity contribution in [1.82, 2.24) is 29.9 Å². The van der Waals surface area contributed by atoms with Crippen LogP contribution in [0.1, 0.15) is 15.9 Å². The average molecular weight is 451 g/mol. The maximum Gasteiger partial charge on any atom is 0.255 e. The molecule has 2 aromatic heterocycles. The number of nitrogens with one attached hydrogen (secondary N) is 1. The average Bonchev–Trinajstić information content (AvgIpc) is 3.59. The molecule has 0 bridgehead atoms. The first-order chi connectivity index (χ1) is 16.7. The van der Waals surface area contributed by atoms with Crippen LogP contribution in [0.2, 0.25) is 0 Å². The summed E-state index contributed by atoms with van der Waals surface area (Å²) < 4.78 is 8.92. The number of carbonyl (C=O) groups is 1. The Hall–Kier alpha value is -4.72. The molecule has 0 saturated carbocycles. The molecule has 5 aromatic rings. The van der Waals surface area contributed by atoms with Crippen LogP contribution in [-0.2, 0) is 6.54 Å². The molecule has 0 saturated heterocycles. The Morgan fingerprint density at radius 3 is 2.38 bits per heavy atom. The zero-order valence-corrected chi connectivity index (χ0v) is 18.5. The summed E-state index contributed by atoms with van der Waals surface area (Å²) >= 11 is 0. The summed E-state index contributed by atoms with van der Waals surface area (Å²) in [5.41, 5.74) is 4.50. The van der Waals surface area contributed by atoms with E-state index in [2.05, 4.69) is 15.4 Å². The van der Waals surface area contributed by atoms with Crippen molar-refractivity contribution >= 4 is 5.91 Å². The molecule has 8 heteroatoms. The lowest BCUT2D eigenvalue weighted by Gasteiger charge is -2.09. The van der Waals surface area contributed by atoms with E-state index < -0.39 is 0 Å². The van der Waals surface area contributed by atoms with Gasteiger partial charge in [0, 0.05) is 18.3 Å². The fraction of sp³-hybridized carbons (Fsp3) is 0.0769. The molecule has 0 fully saturated rings. The lowest BCUT2D eigenvalue weighted by molar-refractivity contribution is 0.0951. The van der Waals surface area contributed by atoms with Crippen LogP contribution in [0.3, 0.4) is 0 Å². The number of carbonyl (C=O) groups excluding carboxylic acids is 1. The van der Waals surface area contributed by atoms with Crippen molar-refractivity contribution in [1.29, 1.82) is 0 Å². The number of ether oxygens (including phenoxy) is 1. The Labute approximate surface area is 196 Å². The molecule has 0 radical (unpaired) electrons. The number of rotatable bonds is 7. The van der Waals surface area contributed by atoms with Crippen molar-refractivity contribution in [2.24, 2.45) is 0 Å². The smallest absolute Gasteiger partial charge is 0.255 e. The summed E-state index contributed by atoms with van der Waals surface area (Å²) in [5, 5.41) is 11.9. The van der Waals surface area contributed by atoms with E-state index in [1.807, 2.05) is 78.9 Å². The normalized spacial score (nSPS) is 10.7. The van der Waals surface area contributed by atoms with Gasteiger partial charge in [-0.05, 0) is 42.0 Å². The fourth-order valence-electron chi connectivity index (χ4n) is 3.68. The Morgan fingerprint density at radius 1 is 0.912 bits per heavy atom. The molecule has 0 aliphatic heterocycles. The number of hydrogen-bond donors (Lipinski definition) is 1. The molecule has 0 unspecified atom stereocenters. The van der Waals surface area contributed by atoms with Crippen LogP contribution in [0, 0.1) is 0 Å². The van der Waals surface area contributed by atoms with Crippen molar-refractivity contribution in [3.05, 3.63) is 109 Å². The molecule has 2 heterocycles. The van der Waals surface area contributed by atoms with Gasteiger partial charge >= 0.3 is 0 Å². The van der Waals surface area contributed by atoms with Crippen LogP contribution < -0.4 is 10.1 Å². The van der Waals surface area contributed by atoms with Crippen molar-refractivity contribution < 1.29 is 9.53 Å². The highest BCUT2D eigenvalue weighted by molar-refractivity contribution is 6.00. The van der Waals surface area contributed by atoms with Crippen molar-refractivity contribution in [2.75, 3.05) is 7.11 Å². The second-order valence-corrected chi connectivity index (χ2v) is 7.56. The topological polar surface area (TPSA) is 86.9 Å². The van der Waals surface area contributed by atoms with E-state index in [0.29, 0.717) is 23.6 Å². The van der Waals surface area contributed by atoms with Gasteiger partial charge in [0.1, 0.15) is 24.1 Å². The van der Waals surface area contributed by atoms with Gasteiger partial charge in [0.25, 0.3) is 5.91 Å². The van der Waals surface area contributed by atoms with E-state index >= 15 is 0 Å². The first-order valence-corrected chi connectivity index (χ1v) is 10.7. The molecule has 168 valence electrons. The predicted molar refractivity (Wildman–Crippen MR) is 128 cm³/mol. The van der Waals surface area contributed by atoms with Crippen molar-refractivity contribution in [2.45, 2.75) is 6.54 Å². The second-order valence-electron chi connectivity index (χ2n) is 7.56. The summed E-state index contributed by atoms with van der Waals surface area (Å²) in [7, 11) is 1.61. The first-order valence-electron chi connectivity index (χ1n) is 10.7. The summed E-state index contributed by atoms with van der Waals surface area (Å²) in [4.78, 5) is 17.2. The Balaban J connectivity index is 1.42. The van der Waals surface area contributed by atoms with Crippen LogP contribution in [0.25, 0.3) is 22.6 Å². The summed E-state index contributed by atoms with van der Waals surface area (Å²) in [6.45, 7) is 0.373. The third-order valence-corrected chi connectivity index (χ3v) is 5.41. The molecule has 5 rings (SSSR count). The van der Waals surface area contributed by atoms with E-state index in [0.717, 1.165) is 22.5 Å². The monoisotopic (exact) mass is 450 g/mol. The van der Waals surface area contributed by atoms with Crippen LogP contribution in [0.4, 0.5) is 0 Å². The maximum atomic E-state index is 13.3. The van der Waals surface area contributed by atoms with Gasteiger partial charge in [0.15, 0.2) is 0 Å². The molecular formula is C26H22N6O2. The van der Waals surface area contributed by atoms with Crippen LogP contribution in [0.15, 0.2) is 97.7 Å². The van der Waals surface area contributed by atoms with Gasteiger partial charge in [-0.1, -0.05) is 42.5 Å². The number of amides is 1. The first kappa shape index (κ1) is 21.1.